The zero-order chi connectivity index (χ0) is 19.3. The molecule has 2 fully saturated rings. The zero-order valence-corrected chi connectivity index (χ0v) is 16.0. The fraction of sp³-hybridized carbons (Fsp3) is 0.571. The first-order valence-electron chi connectivity index (χ1n) is 9.89. The van der Waals surface area contributed by atoms with E-state index in [2.05, 4.69) is 40.2 Å². The van der Waals surface area contributed by atoms with E-state index in [1.165, 1.54) is 5.56 Å². The summed E-state index contributed by atoms with van der Waals surface area (Å²) < 4.78 is 0. The Morgan fingerprint density at radius 3 is 2.70 bits per heavy atom. The maximum atomic E-state index is 12.4. The SMILES string of the molecule is Cc1ccc(CC2(CCC(=O)N[C@H]3CCCCNC3=O)CCC(=O)N2)cc1. The monoisotopic (exact) mass is 371 g/mol. The molecule has 2 saturated heterocycles. The van der Waals surface area contributed by atoms with E-state index in [9.17, 15) is 14.4 Å². The van der Waals surface area contributed by atoms with Crippen LogP contribution >= 0.6 is 0 Å². The number of hydrogen-bond donors (Lipinski definition) is 3. The third kappa shape index (κ3) is 5.31. The molecule has 0 aromatic heterocycles. The molecular weight excluding hydrogens is 342 g/mol. The van der Waals surface area contributed by atoms with Crippen LogP contribution in [0.2, 0.25) is 0 Å². The summed E-state index contributed by atoms with van der Waals surface area (Å²) in [5.74, 6) is -0.170. The highest BCUT2D eigenvalue weighted by molar-refractivity contribution is 5.87. The van der Waals surface area contributed by atoms with E-state index in [0.717, 1.165) is 31.2 Å². The molecule has 0 aliphatic carbocycles. The lowest BCUT2D eigenvalue weighted by Gasteiger charge is -2.29. The van der Waals surface area contributed by atoms with Crippen molar-refractivity contribution in [2.24, 2.45) is 0 Å². The summed E-state index contributed by atoms with van der Waals surface area (Å²) in [5, 5.41) is 8.82. The Balaban J connectivity index is 1.59. The van der Waals surface area contributed by atoms with E-state index in [1.807, 2.05) is 6.92 Å². The summed E-state index contributed by atoms with van der Waals surface area (Å²) in [6.07, 6.45) is 5.39. The maximum Gasteiger partial charge on any atom is 0.242 e. The molecule has 1 aromatic rings. The van der Waals surface area contributed by atoms with Crippen molar-refractivity contribution >= 4 is 17.7 Å². The van der Waals surface area contributed by atoms with Crippen LogP contribution in [0, 0.1) is 6.92 Å². The van der Waals surface area contributed by atoms with E-state index in [4.69, 9.17) is 0 Å². The molecule has 0 bridgehead atoms. The van der Waals surface area contributed by atoms with Crippen molar-refractivity contribution in [2.45, 2.75) is 69.9 Å². The van der Waals surface area contributed by atoms with Gasteiger partial charge in [0.05, 0.1) is 0 Å². The van der Waals surface area contributed by atoms with Gasteiger partial charge in [0.25, 0.3) is 0 Å². The number of rotatable bonds is 6. The van der Waals surface area contributed by atoms with Gasteiger partial charge in [-0.1, -0.05) is 29.8 Å². The van der Waals surface area contributed by atoms with Crippen molar-refractivity contribution in [3.8, 4) is 0 Å². The highest BCUT2D eigenvalue weighted by atomic mass is 16.2. The Morgan fingerprint density at radius 1 is 1.22 bits per heavy atom. The van der Waals surface area contributed by atoms with Gasteiger partial charge in [-0.3, -0.25) is 14.4 Å². The van der Waals surface area contributed by atoms with Gasteiger partial charge in [0.1, 0.15) is 6.04 Å². The van der Waals surface area contributed by atoms with Gasteiger partial charge < -0.3 is 16.0 Å². The van der Waals surface area contributed by atoms with Gasteiger partial charge in [0, 0.05) is 24.9 Å². The first kappa shape index (κ1) is 19.4. The van der Waals surface area contributed by atoms with E-state index in [0.29, 0.717) is 32.2 Å². The van der Waals surface area contributed by atoms with Crippen LogP contribution in [0.3, 0.4) is 0 Å². The lowest BCUT2D eigenvalue weighted by Crippen LogP contribution is -2.47. The summed E-state index contributed by atoms with van der Waals surface area (Å²) in [6.45, 7) is 2.72. The highest BCUT2D eigenvalue weighted by Gasteiger charge is 2.38. The number of aryl methyl sites for hydroxylation is 1. The van der Waals surface area contributed by atoms with Crippen molar-refractivity contribution in [3.05, 3.63) is 35.4 Å². The number of amides is 3. The van der Waals surface area contributed by atoms with Crippen LogP contribution in [-0.4, -0.2) is 35.8 Å². The van der Waals surface area contributed by atoms with Crippen LogP contribution < -0.4 is 16.0 Å². The molecule has 3 rings (SSSR count). The standard InChI is InChI=1S/C21H29N3O3/c1-15-5-7-16(8-6-15)14-21(12-10-19(26)24-21)11-9-18(25)23-17-4-2-3-13-22-20(17)27/h5-8,17H,2-4,9-14H2,1H3,(H,22,27)(H,23,25)(H,24,26)/t17-,21?/m0/s1. The molecule has 0 radical (unpaired) electrons. The molecule has 146 valence electrons. The van der Waals surface area contributed by atoms with Gasteiger partial charge in [0.15, 0.2) is 0 Å². The van der Waals surface area contributed by atoms with Gasteiger partial charge in [-0.05, 0) is 51.0 Å². The predicted molar refractivity (Wildman–Crippen MR) is 103 cm³/mol. The third-order valence-corrected chi connectivity index (χ3v) is 5.60. The molecule has 2 aliphatic heterocycles. The largest absolute Gasteiger partial charge is 0.354 e. The number of carbonyl (C=O) groups excluding carboxylic acids is 3. The molecule has 27 heavy (non-hydrogen) atoms. The first-order chi connectivity index (χ1) is 13.0. The van der Waals surface area contributed by atoms with Crippen LogP contribution in [-0.2, 0) is 20.8 Å². The second-order valence-corrected chi connectivity index (χ2v) is 7.90. The Kier molecular flexibility index (Phi) is 6.14. The molecule has 3 N–H and O–H groups in total. The molecule has 2 aliphatic rings. The minimum absolute atomic E-state index is 0.0469. The van der Waals surface area contributed by atoms with Gasteiger partial charge in [0.2, 0.25) is 17.7 Å². The molecular formula is C21H29N3O3. The summed E-state index contributed by atoms with van der Waals surface area (Å²) in [7, 11) is 0. The predicted octanol–water partition coefficient (Wildman–Crippen LogP) is 1.75. The number of carbonyl (C=O) groups is 3. The molecule has 3 amide bonds. The number of hydrogen-bond acceptors (Lipinski definition) is 3. The minimum Gasteiger partial charge on any atom is -0.354 e. The van der Waals surface area contributed by atoms with Crippen molar-refractivity contribution in [1.29, 1.82) is 0 Å². The van der Waals surface area contributed by atoms with Gasteiger partial charge >= 0.3 is 0 Å². The Morgan fingerprint density at radius 2 is 2.00 bits per heavy atom. The highest BCUT2D eigenvalue weighted by Crippen LogP contribution is 2.29. The van der Waals surface area contributed by atoms with Crippen LogP contribution in [0.1, 0.15) is 56.1 Å². The van der Waals surface area contributed by atoms with Crippen LogP contribution in [0.15, 0.2) is 24.3 Å². The molecule has 1 aromatic carbocycles. The van der Waals surface area contributed by atoms with E-state index >= 15 is 0 Å². The average molecular weight is 371 g/mol. The molecule has 6 nitrogen and oxygen atoms in total. The van der Waals surface area contributed by atoms with Gasteiger partial charge in [-0.15, -0.1) is 0 Å². The molecule has 0 spiro atoms. The molecule has 6 heteroatoms. The van der Waals surface area contributed by atoms with Crippen molar-refractivity contribution in [3.63, 3.8) is 0 Å². The summed E-state index contributed by atoms with van der Waals surface area (Å²) in [4.78, 5) is 36.3. The second kappa shape index (κ2) is 8.55. The quantitative estimate of drug-likeness (QED) is 0.712. The molecule has 0 saturated carbocycles. The number of nitrogens with one attached hydrogen (secondary N) is 3. The Hall–Kier alpha value is -2.37. The molecule has 2 atom stereocenters. The smallest absolute Gasteiger partial charge is 0.242 e. The summed E-state index contributed by atoms with van der Waals surface area (Å²) in [6, 6.07) is 7.86. The lowest BCUT2D eigenvalue weighted by atomic mass is 9.84. The topological polar surface area (TPSA) is 87.3 Å². The fourth-order valence-corrected chi connectivity index (χ4v) is 3.98. The Bertz CT molecular complexity index is 701. The van der Waals surface area contributed by atoms with Gasteiger partial charge in [-0.25, -0.2) is 0 Å². The van der Waals surface area contributed by atoms with E-state index in [-0.39, 0.29) is 23.3 Å². The first-order valence-corrected chi connectivity index (χ1v) is 9.89. The van der Waals surface area contributed by atoms with Crippen molar-refractivity contribution in [1.82, 2.24) is 16.0 Å². The number of benzene rings is 1. The Labute approximate surface area is 160 Å². The maximum absolute atomic E-state index is 12.4. The fourth-order valence-electron chi connectivity index (χ4n) is 3.98. The van der Waals surface area contributed by atoms with Crippen LogP contribution in [0.25, 0.3) is 0 Å². The van der Waals surface area contributed by atoms with Crippen molar-refractivity contribution < 1.29 is 14.4 Å². The third-order valence-electron chi connectivity index (χ3n) is 5.60. The van der Waals surface area contributed by atoms with Crippen LogP contribution in [0.5, 0.6) is 0 Å². The second-order valence-electron chi connectivity index (χ2n) is 7.90. The van der Waals surface area contributed by atoms with Crippen LogP contribution in [0.4, 0.5) is 0 Å². The molecule has 2 heterocycles. The zero-order valence-electron chi connectivity index (χ0n) is 16.0. The van der Waals surface area contributed by atoms with E-state index in [1.54, 1.807) is 0 Å². The minimum atomic E-state index is -0.439. The normalized spacial score (nSPS) is 25.4. The average Bonchev–Trinajstić information content (AvgIpc) is 2.89. The van der Waals surface area contributed by atoms with E-state index < -0.39 is 6.04 Å². The summed E-state index contributed by atoms with van der Waals surface area (Å²) >= 11 is 0. The summed E-state index contributed by atoms with van der Waals surface area (Å²) in [5.41, 5.74) is 1.98. The van der Waals surface area contributed by atoms with Crippen molar-refractivity contribution in [2.75, 3.05) is 6.54 Å². The molecule has 1 unspecified atom stereocenters. The lowest BCUT2D eigenvalue weighted by molar-refractivity contribution is -0.129. The van der Waals surface area contributed by atoms with Gasteiger partial charge in [-0.2, -0.15) is 0 Å².